The van der Waals surface area contributed by atoms with Crippen LogP contribution in [0.25, 0.3) is 0 Å². The van der Waals surface area contributed by atoms with Crippen LogP contribution in [0.3, 0.4) is 0 Å². The number of unbranched alkanes of at least 4 members (excludes halogenated alkanes) is 30. The van der Waals surface area contributed by atoms with Crippen molar-refractivity contribution < 1.29 is 28.6 Å². The Morgan fingerprint density at radius 3 is 0.909 bits per heavy atom. The van der Waals surface area contributed by atoms with Gasteiger partial charge < -0.3 is 14.2 Å². The monoisotopic (exact) mass is 923 g/mol. The van der Waals surface area contributed by atoms with E-state index in [1.807, 2.05) is 0 Å². The summed E-state index contributed by atoms with van der Waals surface area (Å²) in [5.41, 5.74) is 0. The summed E-state index contributed by atoms with van der Waals surface area (Å²) >= 11 is 0. The summed E-state index contributed by atoms with van der Waals surface area (Å²) < 4.78 is 16.8. The molecule has 382 valence electrons. The van der Waals surface area contributed by atoms with Crippen molar-refractivity contribution in [1.29, 1.82) is 0 Å². The first-order chi connectivity index (χ1) is 32.5. The molecule has 0 saturated carbocycles. The van der Waals surface area contributed by atoms with Gasteiger partial charge in [-0.1, -0.05) is 236 Å². The molecular weight excluding hydrogens is 817 g/mol. The van der Waals surface area contributed by atoms with Crippen molar-refractivity contribution >= 4 is 17.9 Å². The second-order valence-electron chi connectivity index (χ2n) is 18.8. The maximum atomic E-state index is 12.8. The molecule has 0 radical (unpaired) electrons. The molecule has 0 heterocycles. The SMILES string of the molecule is CCCCC/C=C\C/C=C\C/C=C\C/C=C\CCCCCC(=O)OC[C@H](COC(=O)CCCCCCCCC/C=C\CCCCCCCC)OC(=O)CCCCCCCCCCCCCC. The van der Waals surface area contributed by atoms with Crippen LogP contribution in [0.4, 0.5) is 0 Å². The van der Waals surface area contributed by atoms with Crippen LogP contribution in [-0.4, -0.2) is 37.2 Å². The molecule has 0 aliphatic heterocycles. The van der Waals surface area contributed by atoms with E-state index in [0.29, 0.717) is 19.3 Å². The standard InChI is InChI=1S/C60H106O6/c1-4-7-10-13-16-19-22-25-27-29-30-32-34-36-39-41-44-47-50-53-59(62)65-56-57(66-60(63)54-51-48-45-42-37-24-21-18-15-12-9-6-3)55-64-58(61)52-49-46-43-40-38-35-33-31-28-26-23-20-17-14-11-8-5-2/h16,19,25-28,30,32,36,39,57H,4-15,17-18,20-24,29,31,33-35,37-38,40-56H2,1-3H3/b19-16-,27-25-,28-26-,32-30-,39-36-/t57-/m0/s1. The molecule has 0 bridgehead atoms. The van der Waals surface area contributed by atoms with Gasteiger partial charge in [-0.2, -0.15) is 0 Å². The van der Waals surface area contributed by atoms with Crippen LogP contribution >= 0.6 is 0 Å². The third-order valence-corrected chi connectivity index (χ3v) is 12.2. The first kappa shape index (κ1) is 63.1. The highest BCUT2D eigenvalue weighted by atomic mass is 16.6. The topological polar surface area (TPSA) is 78.9 Å². The normalized spacial score (nSPS) is 12.5. The fourth-order valence-electron chi connectivity index (χ4n) is 7.95. The Morgan fingerprint density at radius 1 is 0.303 bits per heavy atom. The molecule has 6 nitrogen and oxygen atoms in total. The predicted molar refractivity (Wildman–Crippen MR) is 284 cm³/mol. The number of ether oxygens (including phenoxy) is 3. The average Bonchev–Trinajstić information content (AvgIpc) is 3.31. The van der Waals surface area contributed by atoms with E-state index in [1.165, 1.54) is 161 Å². The molecule has 0 aliphatic carbocycles. The zero-order chi connectivity index (χ0) is 47.9. The van der Waals surface area contributed by atoms with Gasteiger partial charge in [0.2, 0.25) is 0 Å². The van der Waals surface area contributed by atoms with Crippen LogP contribution in [-0.2, 0) is 28.6 Å². The minimum atomic E-state index is -0.786. The van der Waals surface area contributed by atoms with Gasteiger partial charge in [0.1, 0.15) is 13.2 Å². The van der Waals surface area contributed by atoms with Crippen molar-refractivity contribution in [3.8, 4) is 0 Å². The lowest BCUT2D eigenvalue weighted by Gasteiger charge is -2.18. The summed E-state index contributed by atoms with van der Waals surface area (Å²) in [5.74, 6) is -0.911. The largest absolute Gasteiger partial charge is 0.462 e. The van der Waals surface area contributed by atoms with Crippen molar-refractivity contribution in [2.75, 3.05) is 13.2 Å². The Morgan fingerprint density at radius 2 is 0.545 bits per heavy atom. The predicted octanol–water partition coefficient (Wildman–Crippen LogP) is 18.8. The quantitative estimate of drug-likeness (QED) is 0.0262. The highest BCUT2D eigenvalue weighted by molar-refractivity contribution is 5.71. The molecule has 6 heteroatoms. The van der Waals surface area contributed by atoms with Crippen LogP contribution < -0.4 is 0 Å². The molecule has 0 aromatic rings. The maximum Gasteiger partial charge on any atom is 0.306 e. The van der Waals surface area contributed by atoms with E-state index < -0.39 is 6.10 Å². The Balaban J connectivity index is 4.39. The van der Waals surface area contributed by atoms with Gasteiger partial charge in [-0.15, -0.1) is 0 Å². The van der Waals surface area contributed by atoms with Crippen molar-refractivity contribution in [2.45, 2.75) is 290 Å². The molecule has 0 aromatic carbocycles. The highest BCUT2D eigenvalue weighted by Gasteiger charge is 2.19. The van der Waals surface area contributed by atoms with Gasteiger partial charge in [-0.05, 0) is 89.9 Å². The van der Waals surface area contributed by atoms with Gasteiger partial charge in [0.25, 0.3) is 0 Å². The van der Waals surface area contributed by atoms with E-state index in [1.54, 1.807) is 0 Å². The summed E-state index contributed by atoms with van der Waals surface area (Å²) in [7, 11) is 0. The summed E-state index contributed by atoms with van der Waals surface area (Å²) in [6.07, 6.45) is 67.7. The van der Waals surface area contributed by atoms with Crippen molar-refractivity contribution in [3.05, 3.63) is 60.8 Å². The molecule has 0 fully saturated rings. The fraction of sp³-hybridized carbons (Fsp3) is 0.783. The highest BCUT2D eigenvalue weighted by Crippen LogP contribution is 2.15. The Labute approximate surface area is 409 Å². The molecule has 0 amide bonds. The number of esters is 3. The first-order valence-corrected chi connectivity index (χ1v) is 28.3. The maximum absolute atomic E-state index is 12.8. The lowest BCUT2D eigenvalue weighted by molar-refractivity contribution is -0.167. The van der Waals surface area contributed by atoms with Gasteiger partial charge in [0.15, 0.2) is 6.10 Å². The van der Waals surface area contributed by atoms with Gasteiger partial charge in [-0.3, -0.25) is 14.4 Å². The van der Waals surface area contributed by atoms with E-state index in [4.69, 9.17) is 14.2 Å². The van der Waals surface area contributed by atoms with Gasteiger partial charge >= 0.3 is 17.9 Å². The average molecular weight is 924 g/mol. The number of carbonyl (C=O) groups is 3. The summed E-state index contributed by atoms with van der Waals surface area (Å²) in [5, 5.41) is 0. The second kappa shape index (κ2) is 54.7. The number of allylic oxidation sites excluding steroid dienone is 10. The molecular formula is C60H106O6. The van der Waals surface area contributed by atoms with E-state index in [0.717, 1.165) is 83.5 Å². The van der Waals surface area contributed by atoms with Crippen LogP contribution in [0.1, 0.15) is 284 Å². The lowest BCUT2D eigenvalue weighted by atomic mass is 10.0. The first-order valence-electron chi connectivity index (χ1n) is 28.3. The van der Waals surface area contributed by atoms with Crippen LogP contribution in [0.5, 0.6) is 0 Å². The molecule has 66 heavy (non-hydrogen) atoms. The van der Waals surface area contributed by atoms with E-state index in [-0.39, 0.29) is 31.1 Å². The lowest BCUT2D eigenvalue weighted by Crippen LogP contribution is -2.30. The summed E-state index contributed by atoms with van der Waals surface area (Å²) in [6, 6.07) is 0. The molecule has 0 aromatic heterocycles. The summed E-state index contributed by atoms with van der Waals surface area (Å²) in [4.78, 5) is 38.1. The van der Waals surface area contributed by atoms with E-state index in [2.05, 4.69) is 81.5 Å². The van der Waals surface area contributed by atoms with Gasteiger partial charge in [0.05, 0.1) is 0 Å². The third kappa shape index (κ3) is 52.1. The number of rotatable bonds is 51. The molecule has 0 N–H and O–H groups in total. The van der Waals surface area contributed by atoms with Crippen molar-refractivity contribution in [1.82, 2.24) is 0 Å². The smallest absolute Gasteiger partial charge is 0.306 e. The fourth-order valence-corrected chi connectivity index (χ4v) is 7.95. The molecule has 0 saturated heterocycles. The Kier molecular flexibility index (Phi) is 52.3. The third-order valence-electron chi connectivity index (χ3n) is 12.2. The van der Waals surface area contributed by atoms with Crippen molar-refractivity contribution in [3.63, 3.8) is 0 Å². The molecule has 0 unspecified atom stereocenters. The summed E-state index contributed by atoms with van der Waals surface area (Å²) in [6.45, 7) is 6.59. The minimum absolute atomic E-state index is 0.0845. The van der Waals surface area contributed by atoms with Gasteiger partial charge in [-0.25, -0.2) is 0 Å². The number of hydrogen-bond donors (Lipinski definition) is 0. The van der Waals surface area contributed by atoms with Crippen LogP contribution in [0.15, 0.2) is 60.8 Å². The molecule has 0 aliphatic rings. The molecule has 0 spiro atoms. The second-order valence-corrected chi connectivity index (χ2v) is 18.8. The van der Waals surface area contributed by atoms with E-state index >= 15 is 0 Å². The Hall–Kier alpha value is -2.89. The number of carbonyl (C=O) groups excluding carboxylic acids is 3. The van der Waals surface area contributed by atoms with Crippen LogP contribution in [0, 0.1) is 0 Å². The van der Waals surface area contributed by atoms with Crippen LogP contribution in [0.2, 0.25) is 0 Å². The van der Waals surface area contributed by atoms with E-state index in [9.17, 15) is 14.4 Å². The van der Waals surface area contributed by atoms with Crippen molar-refractivity contribution in [2.24, 2.45) is 0 Å². The minimum Gasteiger partial charge on any atom is -0.462 e. The zero-order valence-electron chi connectivity index (χ0n) is 43.7. The molecule has 0 rings (SSSR count). The van der Waals surface area contributed by atoms with Gasteiger partial charge in [0, 0.05) is 19.3 Å². The Bertz CT molecular complexity index is 1200. The zero-order valence-corrected chi connectivity index (χ0v) is 43.7. The molecule has 1 atom stereocenters. The number of hydrogen-bond acceptors (Lipinski definition) is 6.